The smallest absolute Gasteiger partial charge is 0.329 e. The van der Waals surface area contributed by atoms with E-state index < -0.39 is 30.4 Å². The van der Waals surface area contributed by atoms with Crippen molar-refractivity contribution in [3.05, 3.63) is 59.1 Å². The van der Waals surface area contributed by atoms with Crippen molar-refractivity contribution >= 4 is 58.4 Å². The van der Waals surface area contributed by atoms with Crippen LogP contribution in [0.15, 0.2) is 48.5 Å². The molecule has 2 N–H and O–H groups in total. The number of hydrogen-bond acceptors (Lipinski definition) is 6. The number of ether oxygens (including phenoxy) is 1. The molecule has 1 heterocycles. The van der Waals surface area contributed by atoms with Crippen molar-refractivity contribution in [3.63, 3.8) is 0 Å². The molecule has 32 heavy (non-hydrogen) atoms. The molecule has 0 radical (unpaired) electrons. The van der Waals surface area contributed by atoms with E-state index in [1.165, 1.54) is 16.7 Å². The Morgan fingerprint density at radius 1 is 1.19 bits per heavy atom. The minimum atomic E-state index is -0.948. The van der Waals surface area contributed by atoms with Gasteiger partial charge in [-0.3, -0.25) is 19.3 Å². The third-order valence-electron chi connectivity index (χ3n) is 4.73. The number of hydrogen-bond donors (Lipinski definition) is 2. The van der Waals surface area contributed by atoms with Gasteiger partial charge in [0.05, 0.1) is 22.0 Å². The first-order chi connectivity index (χ1) is 15.4. The maximum absolute atomic E-state index is 12.7. The molecule has 1 aliphatic heterocycles. The van der Waals surface area contributed by atoms with E-state index in [9.17, 15) is 19.2 Å². The van der Waals surface area contributed by atoms with Crippen LogP contribution in [-0.2, 0) is 19.1 Å². The second-order valence-electron chi connectivity index (χ2n) is 6.94. The number of carbonyl (C=O) groups is 4. The number of nitrogens with zero attached hydrogens (tertiary/aromatic N) is 1. The topological polar surface area (TPSA) is 105 Å². The van der Waals surface area contributed by atoms with Gasteiger partial charge in [0.1, 0.15) is 12.6 Å². The van der Waals surface area contributed by atoms with Gasteiger partial charge in [-0.1, -0.05) is 35.9 Å². The Kier molecular flexibility index (Phi) is 8.13. The first-order valence-corrected chi connectivity index (χ1v) is 11.6. The molecule has 1 aliphatic rings. The summed E-state index contributed by atoms with van der Waals surface area (Å²) >= 11 is 7.57. The van der Waals surface area contributed by atoms with Crippen LogP contribution in [-0.4, -0.2) is 54.9 Å². The van der Waals surface area contributed by atoms with Gasteiger partial charge >= 0.3 is 5.97 Å². The van der Waals surface area contributed by atoms with Crippen LogP contribution in [0.3, 0.4) is 0 Å². The number of benzene rings is 2. The van der Waals surface area contributed by atoms with Gasteiger partial charge in [0.25, 0.3) is 11.8 Å². The standard InChI is InChI=1S/C22H22ClN3O5S/c1-32-11-10-17(25-21(29)14-6-2-3-7-15(14)23)22(30)31-13-20(28)26-12-19(27)24-16-8-4-5-9-18(16)26/h2-9,17H,10-13H2,1H3,(H,24,27)(H,25,29)/t17-/m1/s1. The number of halogens is 1. The molecule has 0 bridgehead atoms. The van der Waals surface area contributed by atoms with Gasteiger partial charge in [0.15, 0.2) is 6.61 Å². The van der Waals surface area contributed by atoms with Gasteiger partial charge in [-0.2, -0.15) is 11.8 Å². The minimum Gasteiger partial charge on any atom is -0.454 e. The van der Waals surface area contributed by atoms with E-state index in [2.05, 4.69) is 10.6 Å². The summed E-state index contributed by atoms with van der Waals surface area (Å²) in [6.45, 7) is -0.731. The number of carbonyl (C=O) groups excluding carboxylic acids is 4. The fourth-order valence-corrected chi connectivity index (χ4v) is 3.83. The Hall–Kier alpha value is -3.04. The summed E-state index contributed by atoms with van der Waals surface area (Å²) in [5.74, 6) is -1.53. The molecule has 0 fully saturated rings. The predicted octanol–water partition coefficient (Wildman–Crippen LogP) is 2.72. The lowest BCUT2D eigenvalue weighted by Crippen LogP contribution is -2.46. The van der Waals surface area contributed by atoms with Gasteiger partial charge in [0, 0.05) is 0 Å². The fraction of sp³-hybridized carbons (Fsp3) is 0.273. The predicted molar refractivity (Wildman–Crippen MR) is 124 cm³/mol. The molecule has 0 aromatic heterocycles. The third kappa shape index (κ3) is 5.80. The quantitative estimate of drug-likeness (QED) is 0.569. The number of thioether (sulfide) groups is 1. The summed E-state index contributed by atoms with van der Waals surface area (Å²) in [5, 5.41) is 5.59. The molecular formula is C22H22ClN3O5S. The van der Waals surface area contributed by atoms with Crippen molar-refractivity contribution in [3.8, 4) is 0 Å². The highest BCUT2D eigenvalue weighted by Gasteiger charge is 2.29. The SMILES string of the molecule is CSCC[C@@H](NC(=O)c1ccccc1Cl)C(=O)OCC(=O)N1CC(=O)Nc2ccccc21. The number of nitrogens with one attached hydrogen (secondary N) is 2. The van der Waals surface area contributed by atoms with E-state index in [0.717, 1.165) is 0 Å². The lowest BCUT2D eigenvalue weighted by molar-refractivity contribution is -0.149. The van der Waals surface area contributed by atoms with E-state index in [-0.39, 0.29) is 23.0 Å². The zero-order valence-electron chi connectivity index (χ0n) is 17.3. The first-order valence-electron chi connectivity index (χ1n) is 9.81. The summed E-state index contributed by atoms with van der Waals surface area (Å²) in [6.07, 6.45) is 2.19. The van der Waals surface area contributed by atoms with E-state index in [0.29, 0.717) is 23.5 Å². The molecule has 2 aromatic rings. The first kappa shape index (κ1) is 23.6. The summed E-state index contributed by atoms with van der Waals surface area (Å²) in [6, 6.07) is 12.4. The van der Waals surface area contributed by atoms with Gasteiger partial charge in [-0.15, -0.1) is 0 Å². The maximum atomic E-state index is 12.7. The van der Waals surface area contributed by atoms with Crippen LogP contribution in [0.2, 0.25) is 5.02 Å². The highest BCUT2D eigenvalue weighted by molar-refractivity contribution is 7.98. The van der Waals surface area contributed by atoms with Crippen LogP contribution in [0, 0.1) is 0 Å². The molecule has 1 atom stereocenters. The zero-order valence-corrected chi connectivity index (χ0v) is 18.9. The number of fused-ring (bicyclic) bond motifs is 1. The average molecular weight is 476 g/mol. The average Bonchev–Trinajstić information content (AvgIpc) is 2.79. The van der Waals surface area contributed by atoms with Crippen LogP contribution in [0.4, 0.5) is 11.4 Å². The molecular weight excluding hydrogens is 454 g/mol. The zero-order chi connectivity index (χ0) is 23.1. The van der Waals surface area contributed by atoms with Crippen LogP contribution >= 0.6 is 23.4 Å². The largest absolute Gasteiger partial charge is 0.454 e. The van der Waals surface area contributed by atoms with Crippen LogP contribution < -0.4 is 15.5 Å². The Bertz CT molecular complexity index is 1030. The molecule has 10 heteroatoms. The van der Waals surface area contributed by atoms with Crippen molar-refractivity contribution in [1.82, 2.24) is 5.32 Å². The molecule has 0 saturated heterocycles. The summed E-state index contributed by atoms with van der Waals surface area (Å²) in [7, 11) is 0. The summed E-state index contributed by atoms with van der Waals surface area (Å²) in [4.78, 5) is 51.1. The second-order valence-corrected chi connectivity index (χ2v) is 8.33. The van der Waals surface area contributed by atoms with E-state index in [1.54, 1.807) is 48.5 Å². The van der Waals surface area contributed by atoms with Crippen molar-refractivity contribution in [2.75, 3.05) is 35.4 Å². The molecule has 3 amide bonds. The molecule has 0 unspecified atom stereocenters. The molecule has 0 aliphatic carbocycles. The number of rotatable bonds is 8. The molecule has 2 aromatic carbocycles. The van der Waals surface area contributed by atoms with Crippen molar-refractivity contribution < 1.29 is 23.9 Å². The molecule has 8 nitrogen and oxygen atoms in total. The summed E-state index contributed by atoms with van der Waals surface area (Å²) < 4.78 is 5.21. The minimum absolute atomic E-state index is 0.174. The van der Waals surface area contributed by atoms with Crippen LogP contribution in [0.25, 0.3) is 0 Å². The molecule has 0 spiro atoms. The van der Waals surface area contributed by atoms with Gasteiger partial charge in [-0.05, 0) is 42.7 Å². The van der Waals surface area contributed by atoms with Crippen molar-refractivity contribution in [2.24, 2.45) is 0 Å². The lowest BCUT2D eigenvalue weighted by atomic mass is 10.1. The Balaban J connectivity index is 1.65. The van der Waals surface area contributed by atoms with E-state index >= 15 is 0 Å². The number of amides is 3. The van der Waals surface area contributed by atoms with Gasteiger partial charge in [0.2, 0.25) is 5.91 Å². The normalized spacial score (nSPS) is 13.6. The monoisotopic (exact) mass is 475 g/mol. The van der Waals surface area contributed by atoms with Crippen LogP contribution in [0.1, 0.15) is 16.8 Å². The van der Waals surface area contributed by atoms with Crippen molar-refractivity contribution in [2.45, 2.75) is 12.5 Å². The Morgan fingerprint density at radius 2 is 1.91 bits per heavy atom. The number of esters is 1. The fourth-order valence-electron chi connectivity index (χ4n) is 3.13. The Labute approximate surface area is 194 Å². The highest BCUT2D eigenvalue weighted by Crippen LogP contribution is 2.28. The summed E-state index contributed by atoms with van der Waals surface area (Å²) in [5.41, 5.74) is 1.27. The maximum Gasteiger partial charge on any atom is 0.329 e. The lowest BCUT2D eigenvalue weighted by Gasteiger charge is -2.29. The third-order valence-corrected chi connectivity index (χ3v) is 5.70. The second kappa shape index (κ2) is 11.0. The molecule has 0 saturated carbocycles. The van der Waals surface area contributed by atoms with E-state index in [1.807, 2.05) is 6.26 Å². The molecule has 168 valence electrons. The number of anilines is 2. The molecule has 3 rings (SSSR count). The van der Waals surface area contributed by atoms with Crippen molar-refractivity contribution in [1.29, 1.82) is 0 Å². The highest BCUT2D eigenvalue weighted by atomic mass is 35.5. The van der Waals surface area contributed by atoms with Crippen LogP contribution in [0.5, 0.6) is 0 Å². The Morgan fingerprint density at radius 3 is 2.66 bits per heavy atom. The van der Waals surface area contributed by atoms with Gasteiger partial charge < -0.3 is 15.4 Å². The van der Waals surface area contributed by atoms with Gasteiger partial charge in [-0.25, -0.2) is 4.79 Å². The van der Waals surface area contributed by atoms with E-state index in [4.69, 9.17) is 16.3 Å². The number of para-hydroxylation sites is 2.